The molecule has 0 aliphatic carbocycles. The molecule has 8 nitrogen and oxygen atoms in total. The zero-order valence-electron chi connectivity index (χ0n) is 21.3. The van der Waals surface area contributed by atoms with Gasteiger partial charge in [0.2, 0.25) is 0 Å². The smallest absolute Gasteiger partial charge is 0.416 e. The van der Waals surface area contributed by atoms with Crippen molar-refractivity contribution in [3.05, 3.63) is 108 Å². The van der Waals surface area contributed by atoms with Gasteiger partial charge in [0.1, 0.15) is 16.4 Å². The molecule has 0 saturated carbocycles. The quantitative estimate of drug-likeness (QED) is 0.217. The van der Waals surface area contributed by atoms with Gasteiger partial charge in [0, 0.05) is 12.1 Å². The first-order valence-electron chi connectivity index (χ1n) is 11.7. The van der Waals surface area contributed by atoms with Gasteiger partial charge in [-0.25, -0.2) is 0 Å². The number of ether oxygens (including phenoxy) is 2. The van der Waals surface area contributed by atoms with E-state index in [-0.39, 0.29) is 30.5 Å². The Hall–Kier alpha value is -4.45. The number of carbonyl (C=O) groups is 1. The fourth-order valence-corrected chi connectivity index (χ4v) is 4.81. The molecule has 0 aliphatic heterocycles. The molecule has 0 N–H and O–H groups in total. The lowest BCUT2D eigenvalue weighted by molar-refractivity contribution is -0.137. The van der Waals surface area contributed by atoms with Crippen LogP contribution in [0.4, 0.5) is 13.2 Å². The number of methoxy groups -OCH3 is 2. The van der Waals surface area contributed by atoms with Crippen LogP contribution in [0.15, 0.2) is 94.4 Å². The maximum atomic E-state index is 13.5. The topological polar surface area (TPSA) is 95.3 Å². The summed E-state index contributed by atoms with van der Waals surface area (Å²) in [6.07, 6.45) is -3.27. The van der Waals surface area contributed by atoms with Gasteiger partial charge in [-0.05, 0) is 66.2 Å². The number of carbonyl (C=O) groups excluding carboxylic acids is 1. The third kappa shape index (κ3) is 6.75. The van der Waals surface area contributed by atoms with Crippen LogP contribution in [0.5, 0.6) is 17.2 Å². The molecule has 40 heavy (non-hydrogen) atoms. The van der Waals surface area contributed by atoms with Gasteiger partial charge in [-0.3, -0.25) is 4.79 Å². The van der Waals surface area contributed by atoms with Crippen LogP contribution in [-0.2, 0) is 29.4 Å². The standard InChI is InChI=1S/C28H24F3NO7S/c1-36-22-8-3-6-20(15-22)27(33)32(18-23-9-5-13-38-23)17-19-11-12-25(37-2)26(14-19)39-40(34,35)24-10-4-7-21(16-24)28(29,30)31/h3-16H,17-18H2,1-2H3. The number of hydrogen-bond acceptors (Lipinski definition) is 7. The average molecular weight is 576 g/mol. The monoisotopic (exact) mass is 575 g/mol. The molecule has 0 fully saturated rings. The van der Waals surface area contributed by atoms with Crippen molar-refractivity contribution >= 4 is 16.0 Å². The van der Waals surface area contributed by atoms with Crippen molar-refractivity contribution in [3.8, 4) is 17.2 Å². The highest BCUT2D eigenvalue weighted by atomic mass is 32.2. The second-order valence-electron chi connectivity index (χ2n) is 8.52. The molecule has 0 bridgehead atoms. The van der Waals surface area contributed by atoms with Crippen LogP contribution in [0.2, 0.25) is 0 Å². The van der Waals surface area contributed by atoms with E-state index in [9.17, 15) is 26.4 Å². The first-order valence-corrected chi connectivity index (χ1v) is 13.2. The van der Waals surface area contributed by atoms with E-state index in [1.54, 1.807) is 42.5 Å². The molecule has 12 heteroatoms. The summed E-state index contributed by atoms with van der Waals surface area (Å²) in [6.45, 7) is 0.0918. The van der Waals surface area contributed by atoms with E-state index in [0.29, 0.717) is 28.7 Å². The van der Waals surface area contributed by atoms with Crippen molar-refractivity contribution in [2.75, 3.05) is 14.2 Å². The summed E-state index contributed by atoms with van der Waals surface area (Å²) in [6, 6.07) is 17.6. The van der Waals surface area contributed by atoms with E-state index < -0.39 is 26.8 Å². The summed E-state index contributed by atoms with van der Waals surface area (Å²) < 4.78 is 86.3. The molecule has 1 heterocycles. The van der Waals surface area contributed by atoms with E-state index in [1.807, 2.05) is 0 Å². The third-order valence-corrected chi connectivity index (χ3v) is 7.01. The molecule has 3 aromatic carbocycles. The minimum Gasteiger partial charge on any atom is -0.497 e. The maximum Gasteiger partial charge on any atom is 0.416 e. The van der Waals surface area contributed by atoms with Crippen molar-refractivity contribution in [3.63, 3.8) is 0 Å². The first-order chi connectivity index (χ1) is 19.0. The summed E-state index contributed by atoms with van der Waals surface area (Å²) in [5.74, 6) is 0.405. The van der Waals surface area contributed by atoms with Crippen molar-refractivity contribution in [2.24, 2.45) is 0 Å². The minimum atomic E-state index is -4.74. The van der Waals surface area contributed by atoms with E-state index in [1.165, 1.54) is 37.5 Å². The van der Waals surface area contributed by atoms with Crippen molar-refractivity contribution in [1.82, 2.24) is 4.90 Å². The number of nitrogens with zero attached hydrogens (tertiary/aromatic N) is 1. The molecule has 1 aromatic heterocycles. The Bertz CT molecular complexity index is 1590. The molecule has 0 aliphatic rings. The zero-order valence-corrected chi connectivity index (χ0v) is 22.2. The zero-order chi connectivity index (χ0) is 28.9. The molecule has 1 amide bonds. The minimum absolute atomic E-state index is 0.000698. The van der Waals surface area contributed by atoms with Gasteiger partial charge in [-0.15, -0.1) is 0 Å². The lowest BCUT2D eigenvalue weighted by Gasteiger charge is -2.23. The molecule has 4 aromatic rings. The van der Waals surface area contributed by atoms with Crippen LogP contribution >= 0.6 is 0 Å². The summed E-state index contributed by atoms with van der Waals surface area (Å²) in [4.78, 5) is 14.3. The summed E-state index contributed by atoms with van der Waals surface area (Å²) >= 11 is 0. The van der Waals surface area contributed by atoms with Crippen molar-refractivity contribution in [1.29, 1.82) is 0 Å². The van der Waals surface area contributed by atoms with Gasteiger partial charge < -0.3 is 23.0 Å². The van der Waals surface area contributed by atoms with Gasteiger partial charge in [-0.1, -0.05) is 18.2 Å². The fourth-order valence-electron chi connectivity index (χ4n) is 3.83. The number of amides is 1. The number of furan rings is 1. The van der Waals surface area contributed by atoms with Crippen LogP contribution in [0.25, 0.3) is 0 Å². The van der Waals surface area contributed by atoms with E-state index >= 15 is 0 Å². The van der Waals surface area contributed by atoms with E-state index in [0.717, 1.165) is 18.2 Å². The Morgan fingerprint density at radius 1 is 0.875 bits per heavy atom. The predicted molar refractivity (Wildman–Crippen MR) is 138 cm³/mol. The maximum absolute atomic E-state index is 13.5. The lowest BCUT2D eigenvalue weighted by Crippen LogP contribution is -2.30. The lowest BCUT2D eigenvalue weighted by atomic mass is 10.1. The van der Waals surface area contributed by atoms with Gasteiger partial charge in [-0.2, -0.15) is 21.6 Å². The number of alkyl halides is 3. The average Bonchev–Trinajstić information content (AvgIpc) is 3.45. The van der Waals surface area contributed by atoms with Crippen LogP contribution < -0.4 is 13.7 Å². The normalized spacial score (nSPS) is 11.6. The molecule has 0 saturated heterocycles. The van der Waals surface area contributed by atoms with Gasteiger partial charge >= 0.3 is 16.3 Å². The molecule has 0 radical (unpaired) electrons. The molecule has 4 rings (SSSR count). The number of hydrogen-bond donors (Lipinski definition) is 0. The van der Waals surface area contributed by atoms with Crippen LogP contribution in [0, 0.1) is 0 Å². The second-order valence-corrected chi connectivity index (χ2v) is 10.1. The highest BCUT2D eigenvalue weighted by Gasteiger charge is 2.32. The van der Waals surface area contributed by atoms with Gasteiger partial charge in [0.15, 0.2) is 11.5 Å². The number of benzene rings is 3. The highest BCUT2D eigenvalue weighted by molar-refractivity contribution is 7.87. The predicted octanol–water partition coefficient (Wildman–Crippen LogP) is 5.93. The van der Waals surface area contributed by atoms with E-state index in [4.69, 9.17) is 18.1 Å². The molecule has 0 atom stereocenters. The van der Waals surface area contributed by atoms with Crippen molar-refractivity contribution < 1.29 is 44.5 Å². The van der Waals surface area contributed by atoms with Gasteiger partial charge in [0.05, 0.1) is 32.6 Å². The van der Waals surface area contributed by atoms with Crippen LogP contribution in [-0.4, -0.2) is 33.4 Å². The molecule has 0 spiro atoms. The van der Waals surface area contributed by atoms with E-state index in [2.05, 4.69) is 0 Å². The summed E-state index contributed by atoms with van der Waals surface area (Å²) in [5, 5.41) is 0. The Kier molecular flexibility index (Phi) is 8.38. The molecular weight excluding hydrogens is 551 g/mol. The second kappa shape index (κ2) is 11.7. The summed E-state index contributed by atoms with van der Waals surface area (Å²) in [5.41, 5.74) is -0.330. The number of rotatable bonds is 10. The Morgan fingerprint density at radius 2 is 1.65 bits per heavy atom. The SMILES string of the molecule is COc1cccc(C(=O)N(Cc2ccc(OC)c(OS(=O)(=O)c3cccc(C(F)(F)F)c3)c2)Cc2ccco2)c1. The fraction of sp³-hybridized carbons (Fsp3) is 0.179. The first kappa shape index (κ1) is 28.6. The number of halogens is 3. The summed E-state index contributed by atoms with van der Waals surface area (Å²) in [7, 11) is -1.90. The Labute approximate surface area is 228 Å². The van der Waals surface area contributed by atoms with Gasteiger partial charge in [0.25, 0.3) is 5.91 Å². The van der Waals surface area contributed by atoms with Crippen LogP contribution in [0.1, 0.15) is 27.2 Å². The van der Waals surface area contributed by atoms with Crippen LogP contribution in [0.3, 0.4) is 0 Å². The molecular formula is C28H24F3NO7S. The van der Waals surface area contributed by atoms with Crippen molar-refractivity contribution in [2.45, 2.75) is 24.2 Å². The largest absolute Gasteiger partial charge is 0.497 e. The third-order valence-electron chi connectivity index (χ3n) is 5.78. The Morgan fingerprint density at radius 3 is 2.33 bits per heavy atom. The highest BCUT2D eigenvalue weighted by Crippen LogP contribution is 2.34. The molecule has 0 unspecified atom stereocenters. The Balaban J connectivity index is 1.65. The molecule has 210 valence electrons.